The second-order valence-corrected chi connectivity index (χ2v) is 5.86. The summed E-state index contributed by atoms with van der Waals surface area (Å²) in [4.78, 5) is 11.4. The van der Waals surface area contributed by atoms with Crippen LogP contribution >= 0.6 is 0 Å². The number of aryl methyl sites for hydroxylation is 1. The molecule has 0 aliphatic heterocycles. The summed E-state index contributed by atoms with van der Waals surface area (Å²) in [6.07, 6.45) is 5.36. The molecule has 0 saturated heterocycles. The molecule has 0 bridgehead atoms. The summed E-state index contributed by atoms with van der Waals surface area (Å²) in [6, 6.07) is 6.54. The first-order valence-electron chi connectivity index (χ1n) is 7.22. The molecule has 3 heteroatoms. The van der Waals surface area contributed by atoms with Crippen LogP contribution in [0, 0.1) is 19.8 Å². The number of hydrogen-bond acceptors (Lipinski definition) is 2. The van der Waals surface area contributed by atoms with Crippen LogP contribution in [0.15, 0.2) is 24.4 Å². The average molecular weight is 268 g/mol. The van der Waals surface area contributed by atoms with Crippen LogP contribution < -0.4 is 0 Å². The predicted octanol–water partition coefficient (Wildman–Crippen LogP) is 3.95. The third-order valence-corrected chi connectivity index (χ3v) is 4.47. The number of aromatic nitrogens is 2. The summed E-state index contributed by atoms with van der Waals surface area (Å²) in [5.41, 5.74) is 4.98. The molecule has 1 unspecified atom stereocenters. The van der Waals surface area contributed by atoms with Gasteiger partial charge in [-0.1, -0.05) is 18.2 Å². The largest absolute Gasteiger partial charge is 0.298 e. The van der Waals surface area contributed by atoms with Gasteiger partial charge in [0.15, 0.2) is 6.29 Å². The third-order valence-electron chi connectivity index (χ3n) is 4.47. The molecule has 1 aliphatic carbocycles. The zero-order valence-corrected chi connectivity index (χ0v) is 12.3. The maximum absolute atomic E-state index is 11.4. The average Bonchev–Trinajstić information content (AvgIpc) is 3.20. The molecule has 0 radical (unpaired) electrons. The van der Waals surface area contributed by atoms with Crippen molar-refractivity contribution in [3.63, 3.8) is 0 Å². The molecule has 1 saturated carbocycles. The highest BCUT2D eigenvalue weighted by molar-refractivity contribution is 5.86. The SMILES string of the molecule is Cc1cccc(-c2nn(C(C)C3CC3)cc2C=O)c1C. The van der Waals surface area contributed by atoms with Crippen molar-refractivity contribution < 1.29 is 4.79 Å². The van der Waals surface area contributed by atoms with Crippen LogP contribution in [0.2, 0.25) is 0 Å². The summed E-state index contributed by atoms with van der Waals surface area (Å²) >= 11 is 0. The molecule has 3 nitrogen and oxygen atoms in total. The second-order valence-electron chi connectivity index (χ2n) is 5.86. The Morgan fingerprint density at radius 3 is 2.75 bits per heavy atom. The van der Waals surface area contributed by atoms with Gasteiger partial charge in [0.1, 0.15) is 5.69 Å². The Kier molecular flexibility index (Phi) is 3.20. The Morgan fingerprint density at radius 2 is 2.10 bits per heavy atom. The minimum atomic E-state index is 0.382. The molecule has 20 heavy (non-hydrogen) atoms. The van der Waals surface area contributed by atoms with Gasteiger partial charge in [0.25, 0.3) is 0 Å². The zero-order valence-electron chi connectivity index (χ0n) is 12.3. The van der Waals surface area contributed by atoms with Gasteiger partial charge in [-0.05, 0) is 50.7 Å². The summed E-state index contributed by atoms with van der Waals surface area (Å²) in [7, 11) is 0. The third kappa shape index (κ3) is 2.17. The lowest BCUT2D eigenvalue weighted by molar-refractivity contribution is 0.112. The minimum Gasteiger partial charge on any atom is -0.298 e. The highest BCUT2D eigenvalue weighted by atomic mass is 16.1. The van der Waals surface area contributed by atoms with Crippen molar-refractivity contribution in [3.8, 4) is 11.3 Å². The molecule has 1 heterocycles. The highest BCUT2D eigenvalue weighted by Gasteiger charge is 2.30. The summed E-state index contributed by atoms with van der Waals surface area (Å²) in [6.45, 7) is 6.36. The maximum atomic E-state index is 11.4. The fourth-order valence-corrected chi connectivity index (χ4v) is 2.71. The van der Waals surface area contributed by atoms with Crippen molar-refractivity contribution in [3.05, 3.63) is 41.1 Å². The van der Waals surface area contributed by atoms with E-state index in [-0.39, 0.29) is 0 Å². The van der Waals surface area contributed by atoms with E-state index in [4.69, 9.17) is 5.10 Å². The lowest BCUT2D eigenvalue weighted by atomic mass is 9.99. The topological polar surface area (TPSA) is 34.9 Å². The first-order chi connectivity index (χ1) is 9.61. The number of carbonyl (C=O) groups is 1. The first kappa shape index (κ1) is 13.1. The Balaban J connectivity index is 2.08. The van der Waals surface area contributed by atoms with E-state index in [1.807, 2.05) is 23.0 Å². The van der Waals surface area contributed by atoms with Gasteiger partial charge in [-0.15, -0.1) is 0 Å². The molecule has 104 valence electrons. The molecule has 2 aromatic rings. The summed E-state index contributed by atoms with van der Waals surface area (Å²) in [5, 5.41) is 4.70. The molecular weight excluding hydrogens is 248 g/mol. The van der Waals surface area contributed by atoms with Crippen LogP contribution in [0.25, 0.3) is 11.3 Å². The van der Waals surface area contributed by atoms with Crippen molar-refractivity contribution in [2.75, 3.05) is 0 Å². The van der Waals surface area contributed by atoms with Crippen LogP contribution in [0.3, 0.4) is 0 Å². The second kappa shape index (κ2) is 4.89. The highest BCUT2D eigenvalue weighted by Crippen LogP contribution is 2.40. The number of nitrogens with zero attached hydrogens (tertiary/aromatic N) is 2. The fraction of sp³-hybridized carbons (Fsp3) is 0.412. The summed E-state index contributed by atoms with van der Waals surface area (Å²) in [5.74, 6) is 0.723. The van der Waals surface area contributed by atoms with Crippen molar-refractivity contribution in [2.45, 2.75) is 39.7 Å². The van der Waals surface area contributed by atoms with E-state index in [1.54, 1.807) is 0 Å². The van der Waals surface area contributed by atoms with Crippen LogP contribution in [0.5, 0.6) is 0 Å². The molecule has 0 N–H and O–H groups in total. The number of carbonyl (C=O) groups excluding carboxylic acids is 1. The van der Waals surface area contributed by atoms with Gasteiger partial charge in [0.2, 0.25) is 0 Å². The molecule has 1 fully saturated rings. The Labute approximate surface area is 119 Å². The van der Waals surface area contributed by atoms with Crippen LogP contribution in [-0.2, 0) is 0 Å². The van der Waals surface area contributed by atoms with Crippen LogP contribution in [0.1, 0.15) is 47.3 Å². The Hall–Kier alpha value is -1.90. The van der Waals surface area contributed by atoms with Crippen LogP contribution in [-0.4, -0.2) is 16.1 Å². The van der Waals surface area contributed by atoms with Gasteiger partial charge in [0.05, 0.1) is 11.6 Å². The molecule has 1 aromatic carbocycles. The Bertz CT molecular complexity index is 653. The van der Waals surface area contributed by atoms with Gasteiger partial charge in [-0.2, -0.15) is 5.10 Å². The number of aldehydes is 1. The van der Waals surface area contributed by atoms with Gasteiger partial charge in [-0.3, -0.25) is 9.48 Å². The monoisotopic (exact) mass is 268 g/mol. The molecule has 0 amide bonds. The molecule has 1 atom stereocenters. The lowest BCUT2D eigenvalue weighted by Crippen LogP contribution is -2.07. The lowest BCUT2D eigenvalue weighted by Gasteiger charge is -2.10. The Morgan fingerprint density at radius 1 is 1.35 bits per heavy atom. The molecular formula is C17H20N2O. The van der Waals surface area contributed by atoms with Gasteiger partial charge in [-0.25, -0.2) is 0 Å². The molecule has 3 rings (SSSR count). The number of benzene rings is 1. The van der Waals surface area contributed by atoms with E-state index in [0.29, 0.717) is 11.6 Å². The van der Waals surface area contributed by atoms with E-state index in [1.165, 1.54) is 24.0 Å². The van der Waals surface area contributed by atoms with Gasteiger partial charge in [0, 0.05) is 11.8 Å². The number of rotatable bonds is 4. The van der Waals surface area contributed by atoms with E-state index < -0.39 is 0 Å². The van der Waals surface area contributed by atoms with E-state index >= 15 is 0 Å². The zero-order chi connectivity index (χ0) is 14.3. The van der Waals surface area contributed by atoms with Crippen molar-refractivity contribution in [1.82, 2.24) is 9.78 Å². The minimum absolute atomic E-state index is 0.382. The van der Waals surface area contributed by atoms with Crippen molar-refractivity contribution in [1.29, 1.82) is 0 Å². The first-order valence-corrected chi connectivity index (χ1v) is 7.22. The quantitative estimate of drug-likeness (QED) is 0.787. The van der Waals surface area contributed by atoms with Crippen LogP contribution in [0.4, 0.5) is 0 Å². The molecule has 1 aromatic heterocycles. The van der Waals surface area contributed by atoms with Gasteiger partial charge < -0.3 is 0 Å². The molecule has 1 aliphatic rings. The summed E-state index contributed by atoms with van der Waals surface area (Å²) < 4.78 is 1.97. The fourth-order valence-electron chi connectivity index (χ4n) is 2.71. The standard InChI is InChI=1S/C17H20N2O/c1-11-5-4-6-16(12(11)2)17-15(10-20)9-19(18-17)13(3)14-7-8-14/h4-6,9-10,13-14H,7-8H2,1-3H3. The normalized spacial score (nSPS) is 16.1. The van der Waals surface area contributed by atoms with Gasteiger partial charge >= 0.3 is 0 Å². The predicted molar refractivity (Wildman–Crippen MR) is 80.0 cm³/mol. The maximum Gasteiger partial charge on any atom is 0.153 e. The molecule has 0 spiro atoms. The van der Waals surface area contributed by atoms with E-state index in [9.17, 15) is 4.79 Å². The smallest absolute Gasteiger partial charge is 0.153 e. The van der Waals surface area contributed by atoms with E-state index in [0.717, 1.165) is 23.5 Å². The van der Waals surface area contributed by atoms with E-state index in [2.05, 4.69) is 26.8 Å². The van der Waals surface area contributed by atoms with Crippen molar-refractivity contribution in [2.24, 2.45) is 5.92 Å². The number of hydrogen-bond donors (Lipinski definition) is 0. The van der Waals surface area contributed by atoms with Crippen molar-refractivity contribution >= 4 is 6.29 Å².